The highest BCUT2D eigenvalue weighted by Crippen LogP contribution is 2.40. The summed E-state index contributed by atoms with van der Waals surface area (Å²) in [5.74, 6) is 0.817. The van der Waals surface area contributed by atoms with Crippen molar-refractivity contribution in [2.75, 3.05) is 26.7 Å². The number of likely N-dealkylation sites (N-methyl/N-ethyl adjacent to an activating group) is 1. The van der Waals surface area contributed by atoms with Crippen LogP contribution < -0.4 is 5.73 Å². The predicted octanol–water partition coefficient (Wildman–Crippen LogP) is 2.92. The quantitative estimate of drug-likeness (QED) is 0.793. The number of nitrogens with zero attached hydrogens (tertiary/aromatic N) is 1. The Bertz CT molecular complexity index is 398. The first-order valence-corrected chi connectivity index (χ1v) is 7.73. The fourth-order valence-corrected chi connectivity index (χ4v) is 2.57. The Labute approximate surface area is 123 Å². The highest BCUT2D eigenvalue weighted by atomic mass is 16.5. The fraction of sp³-hybridized carbons (Fsp3) is 0.647. The number of nitrogens with two attached hydrogens (primary N) is 1. The molecule has 112 valence electrons. The third-order valence-electron chi connectivity index (χ3n) is 4.02. The zero-order valence-electron chi connectivity index (χ0n) is 13.0. The van der Waals surface area contributed by atoms with Gasteiger partial charge >= 0.3 is 0 Å². The second-order valence-corrected chi connectivity index (χ2v) is 6.09. The minimum atomic E-state index is 0.277. The van der Waals surface area contributed by atoms with Crippen LogP contribution in [-0.4, -0.2) is 37.7 Å². The number of rotatable bonds is 8. The molecule has 2 N–H and O–H groups in total. The molecule has 1 aliphatic rings. The third kappa shape index (κ3) is 4.30. The summed E-state index contributed by atoms with van der Waals surface area (Å²) in [7, 11) is 2.12. The number of hydrogen-bond acceptors (Lipinski definition) is 3. The second kappa shape index (κ2) is 7.21. The summed E-state index contributed by atoms with van der Waals surface area (Å²) < 4.78 is 5.62. The summed E-state index contributed by atoms with van der Waals surface area (Å²) in [6.45, 7) is 6.43. The van der Waals surface area contributed by atoms with Crippen molar-refractivity contribution in [2.45, 2.75) is 44.8 Å². The van der Waals surface area contributed by atoms with Crippen molar-refractivity contribution in [3.05, 3.63) is 35.4 Å². The van der Waals surface area contributed by atoms with E-state index in [0.29, 0.717) is 6.54 Å². The SMILES string of the molecule is CC(C)OCCN(C)C(CN)c1ccc(C2CC2)cc1. The number of ether oxygens (including phenoxy) is 1. The lowest BCUT2D eigenvalue weighted by molar-refractivity contribution is 0.0564. The van der Waals surface area contributed by atoms with Crippen molar-refractivity contribution in [3.63, 3.8) is 0 Å². The van der Waals surface area contributed by atoms with Crippen LogP contribution in [0, 0.1) is 0 Å². The predicted molar refractivity (Wildman–Crippen MR) is 83.9 cm³/mol. The molecule has 1 saturated carbocycles. The molecule has 1 aromatic rings. The second-order valence-electron chi connectivity index (χ2n) is 6.09. The van der Waals surface area contributed by atoms with Crippen molar-refractivity contribution >= 4 is 0 Å². The number of benzene rings is 1. The van der Waals surface area contributed by atoms with E-state index in [9.17, 15) is 0 Å². The first-order chi connectivity index (χ1) is 9.61. The molecule has 0 bridgehead atoms. The van der Waals surface area contributed by atoms with E-state index in [4.69, 9.17) is 10.5 Å². The van der Waals surface area contributed by atoms with Gasteiger partial charge in [0.2, 0.25) is 0 Å². The smallest absolute Gasteiger partial charge is 0.0597 e. The molecule has 20 heavy (non-hydrogen) atoms. The molecule has 1 aliphatic carbocycles. The van der Waals surface area contributed by atoms with Crippen LogP contribution in [0.1, 0.15) is 49.8 Å². The minimum Gasteiger partial charge on any atom is -0.377 e. The molecule has 0 radical (unpaired) electrons. The summed E-state index contributed by atoms with van der Waals surface area (Å²) in [6, 6.07) is 9.30. The Kier molecular flexibility index (Phi) is 5.58. The molecular formula is C17H28N2O. The topological polar surface area (TPSA) is 38.5 Å². The molecule has 1 atom stereocenters. The van der Waals surface area contributed by atoms with Crippen LogP contribution in [0.25, 0.3) is 0 Å². The Morgan fingerprint density at radius 3 is 2.40 bits per heavy atom. The van der Waals surface area contributed by atoms with E-state index in [1.165, 1.54) is 24.0 Å². The Balaban J connectivity index is 1.91. The first-order valence-electron chi connectivity index (χ1n) is 7.73. The third-order valence-corrected chi connectivity index (χ3v) is 4.02. The summed E-state index contributed by atoms with van der Waals surface area (Å²) >= 11 is 0. The van der Waals surface area contributed by atoms with Crippen molar-refractivity contribution in [1.82, 2.24) is 4.90 Å². The summed E-state index contributed by atoms with van der Waals surface area (Å²) in [4.78, 5) is 2.29. The van der Waals surface area contributed by atoms with Crippen LogP contribution in [0.15, 0.2) is 24.3 Å². The monoisotopic (exact) mass is 276 g/mol. The van der Waals surface area contributed by atoms with Crippen molar-refractivity contribution < 1.29 is 4.74 Å². The maximum atomic E-state index is 5.96. The van der Waals surface area contributed by atoms with Gasteiger partial charge in [-0.2, -0.15) is 0 Å². The van der Waals surface area contributed by atoms with Gasteiger partial charge in [-0.15, -0.1) is 0 Å². The van der Waals surface area contributed by atoms with Crippen LogP contribution >= 0.6 is 0 Å². The maximum absolute atomic E-state index is 5.96. The van der Waals surface area contributed by atoms with Gasteiger partial charge in [-0.05, 0) is 50.8 Å². The van der Waals surface area contributed by atoms with Crippen LogP contribution in [0.4, 0.5) is 0 Å². The lowest BCUT2D eigenvalue weighted by Crippen LogP contribution is -2.33. The largest absolute Gasteiger partial charge is 0.377 e. The van der Waals surface area contributed by atoms with Gasteiger partial charge < -0.3 is 10.5 Å². The van der Waals surface area contributed by atoms with Crippen LogP contribution in [0.5, 0.6) is 0 Å². The Hall–Kier alpha value is -0.900. The highest BCUT2D eigenvalue weighted by molar-refractivity contribution is 5.29. The molecular weight excluding hydrogens is 248 g/mol. The van der Waals surface area contributed by atoms with E-state index < -0.39 is 0 Å². The lowest BCUT2D eigenvalue weighted by Gasteiger charge is -2.27. The number of hydrogen-bond donors (Lipinski definition) is 1. The van der Waals surface area contributed by atoms with E-state index >= 15 is 0 Å². The highest BCUT2D eigenvalue weighted by Gasteiger charge is 2.23. The summed E-state index contributed by atoms with van der Waals surface area (Å²) in [5.41, 5.74) is 8.76. The molecule has 3 heteroatoms. The average molecular weight is 276 g/mol. The van der Waals surface area contributed by atoms with Gasteiger partial charge in [0.15, 0.2) is 0 Å². The maximum Gasteiger partial charge on any atom is 0.0597 e. The van der Waals surface area contributed by atoms with E-state index in [1.54, 1.807) is 0 Å². The molecule has 0 aromatic heterocycles. The molecule has 0 heterocycles. The molecule has 0 spiro atoms. The van der Waals surface area contributed by atoms with Crippen LogP contribution in [-0.2, 0) is 4.74 Å². The van der Waals surface area contributed by atoms with Crippen molar-refractivity contribution in [3.8, 4) is 0 Å². The fourth-order valence-electron chi connectivity index (χ4n) is 2.57. The van der Waals surface area contributed by atoms with Gasteiger partial charge in [-0.25, -0.2) is 0 Å². The molecule has 2 rings (SSSR count). The van der Waals surface area contributed by atoms with Gasteiger partial charge in [0.05, 0.1) is 12.7 Å². The van der Waals surface area contributed by atoms with Gasteiger partial charge in [-0.1, -0.05) is 24.3 Å². The molecule has 1 aromatic carbocycles. The van der Waals surface area contributed by atoms with Gasteiger partial charge in [-0.3, -0.25) is 4.90 Å². The average Bonchev–Trinajstić information content (AvgIpc) is 3.24. The van der Waals surface area contributed by atoms with Crippen molar-refractivity contribution in [2.24, 2.45) is 5.73 Å². The van der Waals surface area contributed by atoms with E-state index in [1.807, 2.05) is 0 Å². The van der Waals surface area contributed by atoms with Crippen LogP contribution in [0.2, 0.25) is 0 Å². The standard InChI is InChI=1S/C17H28N2O/c1-13(2)20-11-10-19(3)17(12-18)16-8-6-15(7-9-16)14-4-5-14/h6-9,13-14,17H,4-5,10-12,18H2,1-3H3. The lowest BCUT2D eigenvalue weighted by atomic mass is 10.0. The molecule has 0 aliphatic heterocycles. The van der Waals surface area contributed by atoms with Crippen molar-refractivity contribution in [1.29, 1.82) is 0 Å². The normalized spacial score (nSPS) is 16.9. The Morgan fingerprint density at radius 2 is 1.90 bits per heavy atom. The summed E-state index contributed by atoms with van der Waals surface area (Å²) in [5, 5.41) is 0. The van der Waals surface area contributed by atoms with E-state index in [0.717, 1.165) is 19.1 Å². The molecule has 1 unspecified atom stereocenters. The molecule has 0 saturated heterocycles. The first kappa shape index (κ1) is 15.5. The summed E-state index contributed by atoms with van der Waals surface area (Å²) in [6.07, 6.45) is 3.00. The zero-order valence-corrected chi connectivity index (χ0v) is 13.0. The van der Waals surface area contributed by atoms with E-state index in [-0.39, 0.29) is 12.1 Å². The molecule has 3 nitrogen and oxygen atoms in total. The molecule has 1 fully saturated rings. The minimum absolute atomic E-state index is 0.277. The Morgan fingerprint density at radius 1 is 1.25 bits per heavy atom. The van der Waals surface area contributed by atoms with Crippen LogP contribution in [0.3, 0.4) is 0 Å². The van der Waals surface area contributed by atoms with Gasteiger partial charge in [0.1, 0.15) is 0 Å². The van der Waals surface area contributed by atoms with E-state index in [2.05, 4.69) is 50.1 Å². The van der Waals surface area contributed by atoms with Gasteiger partial charge in [0, 0.05) is 19.1 Å². The van der Waals surface area contributed by atoms with Gasteiger partial charge in [0.25, 0.3) is 0 Å². The molecule has 0 amide bonds. The zero-order chi connectivity index (χ0) is 14.5.